The molecule has 0 bridgehead atoms. The number of rotatable bonds is 3. The molecule has 0 saturated heterocycles. The summed E-state index contributed by atoms with van der Waals surface area (Å²) in [5.41, 5.74) is 1.56. The zero-order valence-corrected chi connectivity index (χ0v) is 15.0. The molecular weight excluding hydrogens is 350 g/mol. The van der Waals surface area contributed by atoms with E-state index in [1.807, 2.05) is 36.4 Å². The number of anilines is 1. The molecule has 1 aromatic heterocycles. The van der Waals surface area contributed by atoms with Crippen molar-refractivity contribution >= 4 is 34.1 Å². The fourth-order valence-corrected chi connectivity index (χ4v) is 3.50. The summed E-state index contributed by atoms with van der Waals surface area (Å²) in [4.78, 5) is 24.5. The molecule has 0 aliphatic heterocycles. The molecule has 6 heteroatoms. The third-order valence-corrected chi connectivity index (χ3v) is 5.10. The lowest BCUT2D eigenvalue weighted by Crippen LogP contribution is -2.31. The van der Waals surface area contributed by atoms with Gasteiger partial charge in [-0.25, -0.2) is 4.79 Å². The average Bonchev–Trinajstić information content (AvgIpc) is 3.37. The Hall–Kier alpha value is -2.79. The summed E-state index contributed by atoms with van der Waals surface area (Å²) >= 11 is 6.21. The highest BCUT2D eigenvalue weighted by atomic mass is 35.5. The maximum absolute atomic E-state index is 12.3. The summed E-state index contributed by atoms with van der Waals surface area (Å²) in [6.45, 7) is 0. The second-order valence-electron chi connectivity index (χ2n) is 6.60. The first-order chi connectivity index (χ1) is 12.5. The second-order valence-corrected chi connectivity index (χ2v) is 7.01. The third kappa shape index (κ3) is 3.18. The van der Waals surface area contributed by atoms with Gasteiger partial charge in [0.1, 0.15) is 0 Å². The molecule has 26 heavy (non-hydrogen) atoms. The van der Waals surface area contributed by atoms with Gasteiger partial charge in [0.05, 0.1) is 0 Å². The van der Waals surface area contributed by atoms with Gasteiger partial charge in [-0.05, 0) is 41.6 Å². The molecule has 2 atom stereocenters. The molecule has 1 heterocycles. The van der Waals surface area contributed by atoms with Gasteiger partial charge >= 0.3 is 6.03 Å². The highest BCUT2D eigenvalue weighted by Gasteiger charge is 2.40. The lowest BCUT2D eigenvalue weighted by Gasteiger charge is -2.09. The van der Waals surface area contributed by atoms with Gasteiger partial charge in [-0.1, -0.05) is 35.9 Å². The molecule has 0 unspecified atom stereocenters. The van der Waals surface area contributed by atoms with Crippen LogP contribution in [-0.4, -0.2) is 16.6 Å². The SMILES string of the molecule is Cn1ccc2ccc(NC(=O)N[C@@H]3C[C@H]3c3ccccc3Cl)cc2c1=O. The second kappa shape index (κ2) is 6.50. The van der Waals surface area contributed by atoms with E-state index in [0.717, 1.165) is 22.4 Å². The topological polar surface area (TPSA) is 63.1 Å². The molecule has 1 aliphatic rings. The normalized spacial score (nSPS) is 18.5. The van der Waals surface area contributed by atoms with Crippen LogP contribution < -0.4 is 16.2 Å². The standard InChI is InChI=1S/C20H18ClN3O2/c1-24-9-8-12-6-7-13(10-15(12)19(24)25)22-20(26)23-18-11-16(18)14-4-2-3-5-17(14)21/h2-10,16,18H,11H2,1H3,(H2,22,23,26)/t16-,18+/m0/s1. The van der Waals surface area contributed by atoms with Crippen LogP contribution in [-0.2, 0) is 7.05 Å². The number of nitrogens with zero attached hydrogens (tertiary/aromatic N) is 1. The number of urea groups is 1. The number of pyridine rings is 1. The summed E-state index contributed by atoms with van der Waals surface area (Å²) in [5, 5.41) is 7.92. The van der Waals surface area contributed by atoms with E-state index in [1.165, 1.54) is 4.57 Å². The maximum Gasteiger partial charge on any atom is 0.319 e. The summed E-state index contributed by atoms with van der Waals surface area (Å²) < 4.78 is 1.52. The van der Waals surface area contributed by atoms with Crippen molar-refractivity contribution in [2.45, 2.75) is 18.4 Å². The molecule has 3 aromatic rings. The van der Waals surface area contributed by atoms with Crippen molar-refractivity contribution in [1.29, 1.82) is 0 Å². The Bertz CT molecular complexity index is 1060. The number of fused-ring (bicyclic) bond motifs is 1. The lowest BCUT2D eigenvalue weighted by molar-refractivity contribution is 0.251. The van der Waals surface area contributed by atoms with Crippen molar-refractivity contribution < 1.29 is 4.79 Å². The first-order valence-corrected chi connectivity index (χ1v) is 8.82. The van der Waals surface area contributed by atoms with Crippen molar-refractivity contribution in [2.24, 2.45) is 7.05 Å². The van der Waals surface area contributed by atoms with Gasteiger partial charge in [0.25, 0.3) is 5.56 Å². The number of aryl methyl sites for hydroxylation is 1. The Morgan fingerprint density at radius 2 is 2.00 bits per heavy atom. The van der Waals surface area contributed by atoms with Crippen LogP contribution >= 0.6 is 11.6 Å². The fraction of sp³-hybridized carbons (Fsp3) is 0.200. The summed E-state index contributed by atoms with van der Waals surface area (Å²) in [7, 11) is 1.70. The molecule has 1 saturated carbocycles. The van der Waals surface area contributed by atoms with E-state index in [4.69, 9.17) is 11.6 Å². The largest absolute Gasteiger partial charge is 0.334 e. The smallest absolute Gasteiger partial charge is 0.319 e. The molecule has 1 fully saturated rings. The first kappa shape index (κ1) is 16.7. The fourth-order valence-electron chi connectivity index (χ4n) is 3.22. The van der Waals surface area contributed by atoms with Crippen LogP contribution in [0.4, 0.5) is 10.5 Å². The highest BCUT2D eigenvalue weighted by Crippen LogP contribution is 2.43. The van der Waals surface area contributed by atoms with Gasteiger partial charge < -0.3 is 15.2 Å². The Morgan fingerprint density at radius 1 is 1.19 bits per heavy atom. The van der Waals surface area contributed by atoms with E-state index in [9.17, 15) is 9.59 Å². The quantitative estimate of drug-likeness (QED) is 0.738. The number of hydrogen-bond acceptors (Lipinski definition) is 2. The predicted octanol–water partition coefficient (Wildman–Crippen LogP) is 3.87. The van der Waals surface area contributed by atoms with Crippen LogP contribution in [0.25, 0.3) is 10.8 Å². The summed E-state index contributed by atoms with van der Waals surface area (Å²) in [6.07, 6.45) is 2.60. The number of benzene rings is 2. The minimum Gasteiger partial charge on any atom is -0.334 e. The number of aromatic nitrogens is 1. The van der Waals surface area contributed by atoms with Gasteiger partial charge in [0.2, 0.25) is 0 Å². The van der Waals surface area contributed by atoms with Crippen LogP contribution in [0.2, 0.25) is 5.02 Å². The van der Waals surface area contributed by atoms with E-state index in [-0.39, 0.29) is 23.6 Å². The van der Waals surface area contributed by atoms with Crippen molar-refractivity contribution in [3.8, 4) is 0 Å². The molecule has 1 aliphatic carbocycles. The number of hydrogen-bond donors (Lipinski definition) is 2. The van der Waals surface area contributed by atoms with Crippen molar-refractivity contribution in [3.63, 3.8) is 0 Å². The summed E-state index contributed by atoms with van der Waals surface area (Å²) in [5.74, 6) is 0.248. The third-order valence-electron chi connectivity index (χ3n) is 4.75. The van der Waals surface area contributed by atoms with Gasteiger partial charge in [0, 0.05) is 41.3 Å². The molecule has 2 amide bonds. The van der Waals surface area contributed by atoms with Crippen LogP contribution in [0.1, 0.15) is 17.9 Å². The van der Waals surface area contributed by atoms with Crippen molar-refractivity contribution in [1.82, 2.24) is 9.88 Å². The van der Waals surface area contributed by atoms with Gasteiger partial charge in [0.15, 0.2) is 0 Å². The molecular formula is C20H18ClN3O2. The van der Waals surface area contributed by atoms with Crippen LogP contribution in [0.15, 0.2) is 59.5 Å². The Labute approximate surface area is 155 Å². The van der Waals surface area contributed by atoms with Gasteiger partial charge in [-0.3, -0.25) is 4.79 Å². The average molecular weight is 368 g/mol. The predicted molar refractivity (Wildman–Crippen MR) is 104 cm³/mol. The minimum absolute atomic E-state index is 0.0724. The first-order valence-electron chi connectivity index (χ1n) is 8.44. The Kier molecular flexibility index (Phi) is 4.17. The summed E-state index contributed by atoms with van der Waals surface area (Å²) in [6, 6.07) is 14.7. The molecule has 2 aromatic carbocycles. The maximum atomic E-state index is 12.3. The Balaban J connectivity index is 1.44. The number of halogens is 1. The van der Waals surface area contributed by atoms with E-state index in [2.05, 4.69) is 10.6 Å². The van der Waals surface area contributed by atoms with E-state index >= 15 is 0 Å². The molecule has 5 nitrogen and oxygen atoms in total. The number of carbonyl (C=O) groups excluding carboxylic acids is 1. The molecule has 2 N–H and O–H groups in total. The monoisotopic (exact) mass is 367 g/mol. The number of carbonyl (C=O) groups is 1. The van der Waals surface area contributed by atoms with E-state index in [1.54, 1.807) is 25.4 Å². The molecule has 4 rings (SSSR count). The molecule has 0 radical (unpaired) electrons. The van der Waals surface area contributed by atoms with Crippen molar-refractivity contribution in [3.05, 3.63) is 75.7 Å². The van der Waals surface area contributed by atoms with Crippen LogP contribution in [0.3, 0.4) is 0 Å². The van der Waals surface area contributed by atoms with Gasteiger partial charge in [-0.15, -0.1) is 0 Å². The van der Waals surface area contributed by atoms with Gasteiger partial charge in [-0.2, -0.15) is 0 Å². The zero-order valence-electron chi connectivity index (χ0n) is 14.2. The van der Waals surface area contributed by atoms with Crippen molar-refractivity contribution in [2.75, 3.05) is 5.32 Å². The van der Waals surface area contributed by atoms with Crippen LogP contribution in [0.5, 0.6) is 0 Å². The van der Waals surface area contributed by atoms with Crippen LogP contribution in [0, 0.1) is 0 Å². The van der Waals surface area contributed by atoms with E-state index in [0.29, 0.717) is 11.1 Å². The van der Waals surface area contributed by atoms with E-state index < -0.39 is 0 Å². The number of nitrogens with one attached hydrogen (secondary N) is 2. The molecule has 132 valence electrons. The Morgan fingerprint density at radius 3 is 2.81 bits per heavy atom. The lowest BCUT2D eigenvalue weighted by atomic mass is 10.1. The number of amides is 2. The zero-order chi connectivity index (χ0) is 18.3. The minimum atomic E-state index is -0.281. The molecule has 0 spiro atoms. The highest BCUT2D eigenvalue weighted by molar-refractivity contribution is 6.31.